The van der Waals surface area contributed by atoms with Crippen LogP contribution in [0.5, 0.6) is 0 Å². The fourth-order valence-electron chi connectivity index (χ4n) is 2.86. The number of aromatic nitrogens is 1. The Morgan fingerprint density at radius 3 is 2.57 bits per heavy atom. The highest BCUT2D eigenvalue weighted by molar-refractivity contribution is 7.14. The number of anilines is 2. The largest absolute Gasteiger partial charge is 0.456 e. The number of carbonyl (C=O) groups is 2. The van der Waals surface area contributed by atoms with Crippen molar-refractivity contribution in [3.63, 3.8) is 0 Å². The van der Waals surface area contributed by atoms with E-state index in [0.717, 1.165) is 22.4 Å². The lowest BCUT2D eigenvalue weighted by atomic mass is 10.1. The predicted octanol–water partition coefficient (Wildman–Crippen LogP) is 5.85. The Morgan fingerprint density at radius 1 is 1.17 bits per heavy atom. The van der Waals surface area contributed by atoms with Crippen molar-refractivity contribution in [1.82, 2.24) is 4.98 Å². The number of nitrogens with zero attached hydrogens (tertiary/aromatic N) is 2. The van der Waals surface area contributed by atoms with E-state index in [9.17, 15) is 9.59 Å². The lowest BCUT2D eigenvalue weighted by molar-refractivity contribution is -0.139. The molecule has 0 unspecified atom stereocenters. The number of thiazole rings is 1. The van der Waals surface area contributed by atoms with Crippen LogP contribution in [0, 0.1) is 13.8 Å². The Morgan fingerprint density at radius 2 is 1.90 bits per heavy atom. The van der Waals surface area contributed by atoms with E-state index in [1.807, 2.05) is 44.2 Å². The highest BCUT2D eigenvalue weighted by atomic mass is 35.5. The molecule has 2 aromatic carbocycles. The maximum absolute atomic E-state index is 12.3. The number of hydrogen-bond acceptors (Lipinski definition) is 5. The van der Waals surface area contributed by atoms with Gasteiger partial charge in [0.1, 0.15) is 6.61 Å². The highest BCUT2D eigenvalue weighted by Crippen LogP contribution is 2.31. The third-order valence-electron chi connectivity index (χ3n) is 4.28. The Balaban J connectivity index is 1.66. The monoisotopic (exact) mass is 440 g/mol. The molecule has 1 amide bonds. The van der Waals surface area contributed by atoms with Crippen LogP contribution in [0.2, 0.25) is 5.02 Å². The molecule has 0 spiro atoms. The van der Waals surface area contributed by atoms with E-state index in [0.29, 0.717) is 15.8 Å². The summed E-state index contributed by atoms with van der Waals surface area (Å²) in [6.07, 6.45) is 3.01. The summed E-state index contributed by atoms with van der Waals surface area (Å²) in [5, 5.41) is 2.96. The lowest BCUT2D eigenvalue weighted by Crippen LogP contribution is -2.23. The highest BCUT2D eigenvalue weighted by Gasteiger charge is 2.20. The zero-order valence-corrected chi connectivity index (χ0v) is 18.5. The van der Waals surface area contributed by atoms with E-state index in [1.54, 1.807) is 28.5 Å². The third kappa shape index (κ3) is 5.55. The van der Waals surface area contributed by atoms with Crippen LogP contribution in [0.15, 0.2) is 53.9 Å². The van der Waals surface area contributed by atoms with Gasteiger partial charge in [0.05, 0.1) is 11.4 Å². The quantitative estimate of drug-likeness (QED) is 0.356. The summed E-state index contributed by atoms with van der Waals surface area (Å²) in [6.45, 7) is 5.49. The second-order valence-electron chi connectivity index (χ2n) is 6.76. The number of amides is 1. The molecule has 154 valence electrons. The zero-order chi connectivity index (χ0) is 21.7. The number of rotatable bonds is 6. The van der Waals surface area contributed by atoms with Gasteiger partial charge in [0.15, 0.2) is 5.13 Å². The van der Waals surface area contributed by atoms with Crippen LogP contribution in [-0.4, -0.2) is 16.9 Å². The number of carbonyl (C=O) groups excluding carboxylic acids is 2. The summed E-state index contributed by atoms with van der Waals surface area (Å²) in [5.41, 5.74) is 4.33. The molecule has 30 heavy (non-hydrogen) atoms. The van der Waals surface area contributed by atoms with Crippen LogP contribution < -0.4 is 4.90 Å². The molecule has 0 fully saturated rings. The third-order valence-corrected chi connectivity index (χ3v) is 5.41. The van der Waals surface area contributed by atoms with E-state index >= 15 is 0 Å². The summed E-state index contributed by atoms with van der Waals surface area (Å²) in [5.74, 6) is -0.608. The van der Waals surface area contributed by atoms with Crippen LogP contribution in [0.4, 0.5) is 10.8 Å². The van der Waals surface area contributed by atoms with Crippen LogP contribution in [-0.2, 0) is 20.9 Å². The molecule has 0 atom stereocenters. The predicted molar refractivity (Wildman–Crippen MR) is 121 cm³/mol. The molecule has 0 aliphatic rings. The summed E-state index contributed by atoms with van der Waals surface area (Å²) in [6, 6.07) is 13.0. The Kier molecular flexibility index (Phi) is 7.03. The van der Waals surface area contributed by atoms with E-state index < -0.39 is 5.97 Å². The van der Waals surface area contributed by atoms with Gasteiger partial charge < -0.3 is 4.74 Å². The SMILES string of the molecule is CC(=O)N(c1nc(COC(=O)/C=C/c2ccc(Cl)cc2)cs1)c1ccc(C)cc1C. The summed E-state index contributed by atoms with van der Waals surface area (Å²) in [7, 11) is 0. The smallest absolute Gasteiger partial charge is 0.331 e. The molecule has 0 N–H and O–H groups in total. The molecule has 3 aromatic rings. The van der Waals surface area contributed by atoms with Crippen LogP contribution in [0.1, 0.15) is 29.3 Å². The minimum absolute atomic E-state index is 0.0267. The first-order valence-electron chi connectivity index (χ1n) is 9.26. The molecule has 0 aliphatic heterocycles. The van der Waals surface area contributed by atoms with Gasteiger partial charge in [-0.15, -0.1) is 11.3 Å². The Bertz CT molecular complexity index is 1090. The molecule has 3 rings (SSSR count). The van der Waals surface area contributed by atoms with Gasteiger partial charge in [-0.05, 0) is 49.2 Å². The second kappa shape index (κ2) is 9.69. The fraction of sp³-hybridized carbons (Fsp3) is 0.174. The van der Waals surface area contributed by atoms with Crippen LogP contribution in [0.25, 0.3) is 6.08 Å². The van der Waals surface area contributed by atoms with Crippen molar-refractivity contribution in [1.29, 1.82) is 0 Å². The van der Waals surface area contributed by atoms with Crippen molar-refractivity contribution >= 4 is 51.7 Å². The van der Waals surface area contributed by atoms with Gasteiger partial charge in [-0.1, -0.05) is 41.4 Å². The van der Waals surface area contributed by atoms with Gasteiger partial charge in [0.25, 0.3) is 0 Å². The summed E-state index contributed by atoms with van der Waals surface area (Å²) >= 11 is 7.17. The summed E-state index contributed by atoms with van der Waals surface area (Å²) in [4.78, 5) is 30.3. The molecule has 5 nitrogen and oxygen atoms in total. The molecule has 0 radical (unpaired) electrons. The van der Waals surface area contributed by atoms with E-state index in [4.69, 9.17) is 16.3 Å². The van der Waals surface area contributed by atoms with Crippen LogP contribution in [0.3, 0.4) is 0 Å². The zero-order valence-electron chi connectivity index (χ0n) is 16.9. The second-order valence-corrected chi connectivity index (χ2v) is 8.03. The van der Waals surface area contributed by atoms with Gasteiger partial charge in [-0.25, -0.2) is 9.78 Å². The molecular formula is C23H21ClN2O3S. The van der Waals surface area contributed by atoms with Gasteiger partial charge in [0, 0.05) is 23.4 Å². The number of hydrogen-bond donors (Lipinski definition) is 0. The summed E-state index contributed by atoms with van der Waals surface area (Å²) < 4.78 is 5.26. The molecule has 7 heteroatoms. The average Bonchev–Trinajstić information content (AvgIpc) is 3.16. The maximum atomic E-state index is 12.3. The van der Waals surface area contributed by atoms with Crippen molar-refractivity contribution in [3.8, 4) is 0 Å². The van der Waals surface area contributed by atoms with Crippen molar-refractivity contribution in [2.75, 3.05) is 4.90 Å². The number of esters is 1. The Hall–Kier alpha value is -2.96. The van der Waals surface area contributed by atoms with Crippen molar-refractivity contribution in [2.45, 2.75) is 27.4 Å². The van der Waals surface area contributed by atoms with E-state index in [2.05, 4.69) is 4.98 Å². The number of benzene rings is 2. The van der Waals surface area contributed by atoms with E-state index in [-0.39, 0.29) is 12.5 Å². The first-order chi connectivity index (χ1) is 14.3. The minimum atomic E-state index is -0.475. The van der Waals surface area contributed by atoms with Gasteiger partial charge in [-0.2, -0.15) is 0 Å². The fourth-order valence-corrected chi connectivity index (χ4v) is 3.85. The van der Waals surface area contributed by atoms with E-state index in [1.165, 1.54) is 24.3 Å². The standard InChI is InChI=1S/C23H21ClN2O3S/c1-15-4-10-21(16(2)12-15)26(17(3)27)23-25-20(14-30-23)13-29-22(28)11-7-18-5-8-19(24)9-6-18/h4-12,14H,13H2,1-3H3/b11-7+. The molecule has 0 saturated carbocycles. The van der Waals surface area contributed by atoms with Gasteiger partial charge in [-0.3, -0.25) is 9.69 Å². The van der Waals surface area contributed by atoms with Crippen molar-refractivity contribution in [3.05, 3.63) is 81.3 Å². The average molecular weight is 441 g/mol. The molecule has 1 heterocycles. The molecular weight excluding hydrogens is 420 g/mol. The molecule has 0 saturated heterocycles. The minimum Gasteiger partial charge on any atom is -0.456 e. The van der Waals surface area contributed by atoms with Crippen LogP contribution >= 0.6 is 22.9 Å². The maximum Gasteiger partial charge on any atom is 0.331 e. The molecule has 1 aromatic heterocycles. The van der Waals surface area contributed by atoms with Crippen molar-refractivity contribution in [2.24, 2.45) is 0 Å². The number of halogens is 1. The first kappa shape index (κ1) is 21.7. The number of ether oxygens (including phenoxy) is 1. The van der Waals surface area contributed by atoms with Gasteiger partial charge >= 0.3 is 5.97 Å². The normalized spacial score (nSPS) is 10.9. The first-order valence-corrected chi connectivity index (χ1v) is 10.5. The topological polar surface area (TPSA) is 59.5 Å². The number of aryl methyl sites for hydroxylation is 2. The lowest BCUT2D eigenvalue weighted by Gasteiger charge is -2.20. The van der Waals surface area contributed by atoms with Crippen molar-refractivity contribution < 1.29 is 14.3 Å². The van der Waals surface area contributed by atoms with Gasteiger partial charge in [0.2, 0.25) is 5.91 Å². The molecule has 0 aliphatic carbocycles. The molecule has 0 bridgehead atoms. The Labute approximate surface area is 184 Å².